The van der Waals surface area contributed by atoms with Gasteiger partial charge in [-0.05, 0) is 63.8 Å². The third kappa shape index (κ3) is 11.6. The van der Waals surface area contributed by atoms with E-state index in [2.05, 4.69) is 30.4 Å². The molecule has 0 bridgehead atoms. The van der Waals surface area contributed by atoms with Gasteiger partial charge in [0, 0.05) is 24.6 Å². The fourth-order valence-corrected chi connectivity index (χ4v) is 4.84. The third-order valence-electron chi connectivity index (χ3n) is 6.87. The summed E-state index contributed by atoms with van der Waals surface area (Å²) >= 11 is 0. The van der Waals surface area contributed by atoms with E-state index < -0.39 is 23.8 Å². The van der Waals surface area contributed by atoms with Gasteiger partial charge in [-0.3, -0.25) is 9.59 Å². The monoisotopic (exact) mass is 575 g/mol. The first kappa shape index (κ1) is 34.4. The molecule has 0 radical (unpaired) electrons. The Morgan fingerprint density at radius 3 is 2.17 bits per heavy atom. The number of benzene rings is 2. The van der Waals surface area contributed by atoms with Crippen LogP contribution in [0, 0.1) is 12.3 Å². The van der Waals surface area contributed by atoms with Crippen molar-refractivity contribution in [3.8, 4) is 12.3 Å². The number of terminal acetylenes is 1. The van der Waals surface area contributed by atoms with E-state index in [1.54, 1.807) is 37.8 Å². The summed E-state index contributed by atoms with van der Waals surface area (Å²) in [6.07, 6.45) is 10.6. The Kier molecular flexibility index (Phi) is 14.1. The molecule has 0 fully saturated rings. The number of carbonyl (C=O) groups is 3. The van der Waals surface area contributed by atoms with Crippen LogP contribution in [-0.2, 0) is 20.7 Å². The predicted molar refractivity (Wildman–Crippen MR) is 169 cm³/mol. The van der Waals surface area contributed by atoms with Crippen LogP contribution in [0.3, 0.4) is 0 Å². The summed E-state index contributed by atoms with van der Waals surface area (Å²) in [5.41, 5.74) is 1.50. The van der Waals surface area contributed by atoms with E-state index in [1.807, 2.05) is 49.4 Å². The molecule has 3 atom stereocenters. The summed E-state index contributed by atoms with van der Waals surface area (Å²) in [4.78, 5) is 43.0. The van der Waals surface area contributed by atoms with Gasteiger partial charge < -0.3 is 20.3 Å². The topological polar surface area (TPSA) is 87.7 Å². The SMILES string of the molecule is C#Cc1ccc(C(C(=O)NC(C)CCC)N(CCCCCC)C(=O)C(Cc2ccccc2)NC(=O)OC(C)(C)C)cc1. The van der Waals surface area contributed by atoms with Crippen molar-refractivity contribution in [2.24, 2.45) is 0 Å². The Morgan fingerprint density at radius 2 is 1.60 bits per heavy atom. The number of hydrogen-bond donors (Lipinski definition) is 2. The molecule has 2 aromatic rings. The summed E-state index contributed by atoms with van der Waals surface area (Å²) in [6.45, 7) is 11.8. The second-order valence-electron chi connectivity index (χ2n) is 11.8. The van der Waals surface area contributed by atoms with E-state index >= 15 is 0 Å². The Labute approximate surface area is 252 Å². The van der Waals surface area contributed by atoms with Crippen molar-refractivity contribution >= 4 is 17.9 Å². The van der Waals surface area contributed by atoms with Crippen LogP contribution in [0.1, 0.15) is 103 Å². The molecule has 228 valence electrons. The molecule has 2 aromatic carbocycles. The minimum absolute atomic E-state index is 0.0629. The van der Waals surface area contributed by atoms with Crippen molar-refractivity contribution in [3.63, 3.8) is 0 Å². The van der Waals surface area contributed by atoms with Gasteiger partial charge in [0.1, 0.15) is 17.7 Å². The number of hydrogen-bond acceptors (Lipinski definition) is 4. The molecule has 0 aliphatic rings. The summed E-state index contributed by atoms with van der Waals surface area (Å²) in [6, 6.07) is 14.8. The van der Waals surface area contributed by atoms with Crippen LogP contribution < -0.4 is 10.6 Å². The van der Waals surface area contributed by atoms with Crippen molar-refractivity contribution in [1.29, 1.82) is 0 Å². The molecule has 0 aliphatic carbocycles. The molecular weight excluding hydrogens is 526 g/mol. The zero-order chi connectivity index (χ0) is 31.1. The summed E-state index contributed by atoms with van der Waals surface area (Å²) in [5, 5.41) is 5.94. The number of rotatable bonds is 15. The van der Waals surface area contributed by atoms with Crippen LogP contribution in [0.5, 0.6) is 0 Å². The highest BCUT2D eigenvalue weighted by Gasteiger charge is 2.36. The van der Waals surface area contributed by atoms with Crippen molar-refractivity contribution in [1.82, 2.24) is 15.5 Å². The molecule has 0 aliphatic heterocycles. The van der Waals surface area contributed by atoms with E-state index in [4.69, 9.17) is 11.2 Å². The minimum atomic E-state index is -0.943. The number of nitrogens with zero attached hydrogens (tertiary/aromatic N) is 1. The van der Waals surface area contributed by atoms with Gasteiger partial charge in [-0.15, -0.1) is 6.42 Å². The van der Waals surface area contributed by atoms with Gasteiger partial charge >= 0.3 is 6.09 Å². The van der Waals surface area contributed by atoms with Crippen LogP contribution in [0.15, 0.2) is 54.6 Å². The largest absolute Gasteiger partial charge is 0.444 e. The zero-order valence-corrected chi connectivity index (χ0v) is 26.2. The fraction of sp³-hybridized carbons (Fsp3) is 0.514. The molecule has 2 N–H and O–H groups in total. The predicted octanol–water partition coefficient (Wildman–Crippen LogP) is 6.56. The van der Waals surface area contributed by atoms with Gasteiger partial charge in [-0.2, -0.15) is 0 Å². The molecule has 0 heterocycles. The van der Waals surface area contributed by atoms with E-state index in [0.29, 0.717) is 17.7 Å². The number of unbranched alkanes of at least 4 members (excludes halogenated alkanes) is 3. The van der Waals surface area contributed by atoms with E-state index in [-0.39, 0.29) is 24.3 Å². The average Bonchev–Trinajstić information content (AvgIpc) is 2.93. The van der Waals surface area contributed by atoms with Crippen molar-refractivity contribution in [2.45, 2.75) is 110 Å². The number of carbonyl (C=O) groups excluding carboxylic acids is 3. The zero-order valence-electron chi connectivity index (χ0n) is 26.2. The molecule has 42 heavy (non-hydrogen) atoms. The molecule has 3 unspecified atom stereocenters. The standard InChI is InChI=1S/C35H49N3O4/c1-8-11-12-16-24-38(31(32(39)36-26(4)17-9-2)29-22-20-27(10-3)21-23-29)33(40)30(25-28-18-14-13-15-19-28)37-34(41)42-35(5,6)7/h3,13-15,18-23,26,30-31H,8-9,11-12,16-17,24-25H2,1-2,4-7H3,(H,36,39)(H,37,41). The molecule has 0 saturated heterocycles. The highest BCUT2D eigenvalue weighted by Crippen LogP contribution is 2.25. The van der Waals surface area contributed by atoms with E-state index in [9.17, 15) is 14.4 Å². The average molecular weight is 576 g/mol. The lowest BCUT2D eigenvalue weighted by Gasteiger charge is -2.35. The minimum Gasteiger partial charge on any atom is -0.444 e. The third-order valence-corrected chi connectivity index (χ3v) is 6.87. The number of ether oxygens (including phenoxy) is 1. The van der Waals surface area contributed by atoms with Crippen LogP contribution in [-0.4, -0.2) is 47.0 Å². The maximum atomic E-state index is 14.5. The number of alkyl carbamates (subject to hydrolysis) is 1. The van der Waals surface area contributed by atoms with Crippen molar-refractivity contribution in [2.75, 3.05) is 6.54 Å². The van der Waals surface area contributed by atoms with Crippen LogP contribution in [0.25, 0.3) is 0 Å². The second-order valence-corrected chi connectivity index (χ2v) is 11.8. The lowest BCUT2D eigenvalue weighted by Crippen LogP contribution is -2.54. The molecule has 7 nitrogen and oxygen atoms in total. The first-order chi connectivity index (χ1) is 20.0. The Bertz CT molecular complexity index is 1170. The quantitative estimate of drug-likeness (QED) is 0.186. The van der Waals surface area contributed by atoms with Crippen molar-refractivity contribution in [3.05, 3.63) is 71.3 Å². The Morgan fingerprint density at radius 1 is 0.929 bits per heavy atom. The fourth-order valence-electron chi connectivity index (χ4n) is 4.84. The van der Waals surface area contributed by atoms with Crippen LogP contribution in [0.2, 0.25) is 0 Å². The van der Waals surface area contributed by atoms with Crippen LogP contribution >= 0.6 is 0 Å². The first-order valence-corrected chi connectivity index (χ1v) is 15.2. The lowest BCUT2D eigenvalue weighted by atomic mass is 9.98. The highest BCUT2D eigenvalue weighted by molar-refractivity contribution is 5.92. The van der Waals surface area contributed by atoms with Crippen LogP contribution in [0.4, 0.5) is 4.79 Å². The smallest absolute Gasteiger partial charge is 0.408 e. The Balaban J connectivity index is 2.57. The van der Waals surface area contributed by atoms with Gasteiger partial charge in [0.25, 0.3) is 0 Å². The molecule has 2 rings (SSSR count). The summed E-state index contributed by atoms with van der Waals surface area (Å²) < 4.78 is 5.53. The molecule has 0 aromatic heterocycles. The molecular formula is C35H49N3O4. The molecule has 0 saturated carbocycles. The number of amides is 3. The van der Waals surface area contributed by atoms with Gasteiger partial charge in [0.05, 0.1) is 0 Å². The lowest BCUT2D eigenvalue weighted by molar-refractivity contribution is -0.142. The van der Waals surface area contributed by atoms with E-state index in [1.165, 1.54) is 0 Å². The molecule has 7 heteroatoms. The van der Waals surface area contributed by atoms with Crippen molar-refractivity contribution < 1.29 is 19.1 Å². The van der Waals surface area contributed by atoms with Gasteiger partial charge in [-0.25, -0.2) is 4.79 Å². The highest BCUT2D eigenvalue weighted by atomic mass is 16.6. The first-order valence-electron chi connectivity index (χ1n) is 15.2. The summed E-state index contributed by atoms with van der Waals surface area (Å²) in [7, 11) is 0. The summed E-state index contributed by atoms with van der Waals surface area (Å²) in [5.74, 6) is 2.01. The Hall–Kier alpha value is -3.79. The molecule has 0 spiro atoms. The maximum absolute atomic E-state index is 14.5. The number of nitrogens with one attached hydrogen (secondary N) is 2. The maximum Gasteiger partial charge on any atom is 0.408 e. The van der Waals surface area contributed by atoms with Gasteiger partial charge in [0.2, 0.25) is 11.8 Å². The molecule has 3 amide bonds. The van der Waals surface area contributed by atoms with Gasteiger partial charge in [-0.1, -0.05) is 87.9 Å². The van der Waals surface area contributed by atoms with Gasteiger partial charge in [0.15, 0.2) is 0 Å². The normalized spacial score (nSPS) is 13.3. The van der Waals surface area contributed by atoms with E-state index in [0.717, 1.165) is 44.1 Å². The second kappa shape index (κ2) is 17.2.